The van der Waals surface area contributed by atoms with Gasteiger partial charge >= 0.3 is 0 Å². The number of ether oxygens (including phenoxy) is 1. The van der Waals surface area contributed by atoms with Gasteiger partial charge in [-0.1, -0.05) is 77.8 Å². The summed E-state index contributed by atoms with van der Waals surface area (Å²) in [6.07, 6.45) is 0.457. The summed E-state index contributed by atoms with van der Waals surface area (Å²) in [7, 11) is -3.93. The quantitative estimate of drug-likeness (QED) is 0.258. The van der Waals surface area contributed by atoms with Crippen LogP contribution in [0.2, 0.25) is 5.02 Å². The lowest BCUT2D eigenvalue weighted by Crippen LogP contribution is -2.39. The first kappa shape index (κ1) is 26.4. The van der Waals surface area contributed by atoms with E-state index in [4.69, 9.17) is 16.3 Å². The lowest BCUT2D eigenvalue weighted by atomic mass is 10.1. The van der Waals surface area contributed by atoms with Crippen molar-refractivity contribution in [3.8, 4) is 11.5 Å². The van der Waals surface area contributed by atoms with Gasteiger partial charge in [0.1, 0.15) is 5.75 Å². The van der Waals surface area contributed by atoms with Gasteiger partial charge in [0.15, 0.2) is 5.75 Å². The van der Waals surface area contributed by atoms with Crippen LogP contribution in [0.4, 0.5) is 5.69 Å². The van der Waals surface area contributed by atoms with Crippen LogP contribution in [0.1, 0.15) is 11.1 Å². The fourth-order valence-electron chi connectivity index (χ4n) is 3.70. The molecule has 8 heteroatoms. The zero-order chi connectivity index (χ0) is 26.3. The highest BCUT2D eigenvalue weighted by molar-refractivity contribution is 7.89. The highest BCUT2D eigenvalue weighted by Gasteiger charge is 2.27. The Bertz CT molecular complexity index is 1440. The van der Waals surface area contributed by atoms with Crippen LogP contribution in [-0.4, -0.2) is 31.7 Å². The molecule has 0 unspecified atom stereocenters. The van der Waals surface area contributed by atoms with Gasteiger partial charge < -0.3 is 10.1 Å². The van der Waals surface area contributed by atoms with E-state index in [2.05, 4.69) is 5.32 Å². The number of nitrogens with one attached hydrogen (secondary N) is 1. The average Bonchev–Trinajstić information content (AvgIpc) is 2.89. The van der Waals surface area contributed by atoms with Crippen LogP contribution in [0.5, 0.6) is 11.5 Å². The summed E-state index contributed by atoms with van der Waals surface area (Å²) >= 11 is 6.18. The van der Waals surface area contributed by atoms with Crippen molar-refractivity contribution in [2.75, 3.05) is 18.4 Å². The summed E-state index contributed by atoms with van der Waals surface area (Å²) in [5.41, 5.74) is 2.26. The molecule has 0 saturated heterocycles. The van der Waals surface area contributed by atoms with Crippen LogP contribution >= 0.6 is 11.6 Å². The van der Waals surface area contributed by atoms with E-state index < -0.39 is 15.9 Å². The molecule has 190 valence electrons. The molecule has 1 amide bonds. The van der Waals surface area contributed by atoms with Crippen molar-refractivity contribution in [3.63, 3.8) is 0 Å². The Balaban J connectivity index is 1.56. The van der Waals surface area contributed by atoms with Gasteiger partial charge in [0.2, 0.25) is 15.9 Å². The van der Waals surface area contributed by atoms with Crippen LogP contribution in [-0.2, 0) is 21.2 Å². The Labute approximate surface area is 222 Å². The summed E-state index contributed by atoms with van der Waals surface area (Å²) in [6, 6.07) is 30.1. The maximum atomic E-state index is 13.5. The molecule has 0 spiro atoms. The highest BCUT2D eigenvalue weighted by Crippen LogP contribution is 2.32. The van der Waals surface area contributed by atoms with Crippen LogP contribution in [0, 0.1) is 6.92 Å². The lowest BCUT2D eigenvalue weighted by molar-refractivity contribution is -0.116. The van der Waals surface area contributed by atoms with E-state index in [1.54, 1.807) is 54.6 Å². The standard InChI is InChI=1S/C29H27ClN2O4S/c1-22-12-15-26(16-13-22)37(34,35)32(19-18-23-8-4-2-5-9-23)21-29(33)31-27-20-24(30)14-17-28(27)36-25-10-6-3-7-11-25/h2-17,20H,18-19,21H2,1H3,(H,31,33). The zero-order valence-electron chi connectivity index (χ0n) is 20.3. The fraction of sp³-hybridized carbons (Fsp3) is 0.138. The third kappa shape index (κ3) is 7.20. The van der Waals surface area contributed by atoms with Crippen LogP contribution in [0.3, 0.4) is 0 Å². The minimum Gasteiger partial charge on any atom is -0.455 e. The van der Waals surface area contributed by atoms with E-state index in [1.165, 1.54) is 4.31 Å². The first-order valence-corrected chi connectivity index (χ1v) is 13.6. The molecule has 0 saturated carbocycles. The van der Waals surface area contributed by atoms with Crippen LogP contribution in [0.25, 0.3) is 0 Å². The number of para-hydroxylation sites is 1. The predicted molar refractivity (Wildman–Crippen MR) is 147 cm³/mol. The summed E-state index contributed by atoms with van der Waals surface area (Å²) in [5.74, 6) is 0.469. The van der Waals surface area contributed by atoms with Gasteiger partial charge in [-0.15, -0.1) is 0 Å². The number of hydrogen-bond acceptors (Lipinski definition) is 4. The maximum Gasteiger partial charge on any atom is 0.243 e. The molecule has 0 bridgehead atoms. The van der Waals surface area contributed by atoms with E-state index in [-0.39, 0.29) is 18.0 Å². The van der Waals surface area contributed by atoms with Gasteiger partial charge in [-0.2, -0.15) is 4.31 Å². The molecule has 4 aromatic rings. The molecule has 0 atom stereocenters. The molecule has 4 aromatic carbocycles. The lowest BCUT2D eigenvalue weighted by Gasteiger charge is -2.22. The number of benzene rings is 4. The number of anilines is 1. The molecule has 4 rings (SSSR count). The molecule has 0 aliphatic rings. The summed E-state index contributed by atoms with van der Waals surface area (Å²) in [6.45, 7) is 1.65. The van der Waals surface area contributed by atoms with Crippen molar-refractivity contribution in [1.82, 2.24) is 4.31 Å². The molecular formula is C29H27ClN2O4S. The number of halogens is 1. The molecule has 0 aliphatic carbocycles. The molecule has 1 N–H and O–H groups in total. The highest BCUT2D eigenvalue weighted by atomic mass is 35.5. The second-order valence-corrected chi connectivity index (χ2v) is 10.9. The second kappa shape index (κ2) is 12.1. The molecule has 0 fully saturated rings. The Kier molecular flexibility index (Phi) is 8.61. The maximum absolute atomic E-state index is 13.5. The third-order valence-electron chi connectivity index (χ3n) is 5.66. The summed E-state index contributed by atoms with van der Waals surface area (Å²) in [4.78, 5) is 13.3. The molecule has 0 aromatic heterocycles. The Morgan fingerprint density at radius 2 is 1.54 bits per heavy atom. The van der Waals surface area contributed by atoms with Gasteiger partial charge in [-0.05, 0) is 61.4 Å². The van der Waals surface area contributed by atoms with E-state index in [9.17, 15) is 13.2 Å². The largest absolute Gasteiger partial charge is 0.455 e. The number of aryl methyl sites for hydroxylation is 1. The van der Waals surface area contributed by atoms with Crippen molar-refractivity contribution in [3.05, 3.63) is 119 Å². The van der Waals surface area contributed by atoms with E-state index >= 15 is 0 Å². The molecule has 37 heavy (non-hydrogen) atoms. The number of rotatable bonds is 10. The topological polar surface area (TPSA) is 75.7 Å². The van der Waals surface area contributed by atoms with Gasteiger partial charge in [-0.3, -0.25) is 4.79 Å². The molecular weight excluding hydrogens is 508 g/mol. The van der Waals surface area contributed by atoms with Gasteiger partial charge in [-0.25, -0.2) is 8.42 Å². The van der Waals surface area contributed by atoms with Crippen LogP contribution in [0.15, 0.2) is 108 Å². The molecule has 0 radical (unpaired) electrons. The molecule has 0 heterocycles. The third-order valence-corrected chi connectivity index (χ3v) is 7.75. The van der Waals surface area contributed by atoms with Gasteiger partial charge in [0.25, 0.3) is 0 Å². The van der Waals surface area contributed by atoms with Gasteiger partial charge in [0.05, 0.1) is 17.1 Å². The number of nitrogens with zero attached hydrogens (tertiary/aromatic N) is 1. The minimum absolute atomic E-state index is 0.134. The van der Waals surface area contributed by atoms with E-state index in [0.717, 1.165) is 11.1 Å². The minimum atomic E-state index is -3.93. The predicted octanol–water partition coefficient (Wildman–Crippen LogP) is 6.31. The summed E-state index contributed by atoms with van der Waals surface area (Å²) in [5, 5.41) is 3.18. The zero-order valence-corrected chi connectivity index (χ0v) is 21.9. The first-order chi connectivity index (χ1) is 17.8. The Morgan fingerprint density at radius 1 is 0.892 bits per heavy atom. The van der Waals surface area contributed by atoms with Gasteiger partial charge in [0, 0.05) is 11.6 Å². The number of amides is 1. The van der Waals surface area contributed by atoms with Crippen molar-refractivity contribution in [2.45, 2.75) is 18.2 Å². The van der Waals surface area contributed by atoms with Crippen molar-refractivity contribution < 1.29 is 17.9 Å². The first-order valence-electron chi connectivity index (χ1n) is 11.7. The van der Waals surface area contributed by atoms with Crippen molar-refractivity contribution in [1.29, 1.82) is 0 Å². The van der Waals surface area contributed by atoms with Crippen molar-refractivity contribution in [2.24, 2.45) is 0 Å². The fourth-order valence-corrected chi connectivity index (χ4v) is 5.27. The Morgan fingerprint density at radius 3 is 2.22 bits per heavy atom. The number of hydrogen-bond donors (Lipinski definition) is 1. The average molecular weight is 535 g/mol. The number of carbonyl (C=O) groups excluding carboxylic acids is 1. The van der Waals surface area contributed by atoms with E-state index in [0.29, 0.717) is 28.6 Å². The normalized spacial score (nSPS) is 11.3. The SMILES string of the molecule is Cc1ccc(S(=O)(=O)N(CCc2ccccc2)CC(=O)Nc2cc(Cl)ccc2Oc2ccccc2)cc1. The van der Waals surface area contributed by atoms with Crippen LogP contribution < -0.4 is 10.1 Å². The monoisotopic (exact) mass is 534 g/mol. The number of sulfonamides is 1. The second-order valence-electron chi connectivity index (χ2n) is 8.49. The van der Waals surface area contributed by atoms with E-state index in [1.807, 2.05) is 55.5 Å². The number of carbonyl (C=O) groups is 1. The molecule has 0 aliphatic heterocycles. The molecule has 6 nitrogen and oxygen atoms in total. The smallest absolute Gasteiger partial charge is 0.243 e. The summed E-state index contributed by atoms with van der Waals surface area (Å²) < 4.78 is 34.1. The Hall–Kier alpha value is -3.65. The van der Waals surface area contributed by atoms with Crippen molar-refractivity contribution >= 4 is 33.2 Å².